The van der Waals surface area contributed by atoms with Gasteiger partial charge in [-0.1, -0.05) is 60.7 Å². The Morgan fingerprint density at radius 2 is 1.67 bits per heavy atom. The third-order valence-corrected chi connectivity index (χ3v) is 8.68. The van der Waals surface area contributed by atoms with Crippen molar-refractivity contribution in [3.8, 4) is 0 Å². The molecule has 42 heavy (non-hydrogen) atoms. The fourth-order valence-electron chi connectivity index (χ4n) is 4.66. The second kappa shape index (κ2) is 14.6. The highest BCUT2D eigenvalue weighted by Crippen LogP contribution is 2.64. The Bertz CT molecular complexity index is 1370. The van der Waals surface area contributed by atoms with Crippen LogP contribution in [0.2, 0.25) is 0 Å². The van der Waals surface area contributed by atoms with Crippen LogP contribution in [0, 0.1) is 0 Å². The van der Waals surface area contributed by atoms with Gasteiger partial charge in [-0.2, -0.15) is 13.2 Å². The lowest BCUT2D eigenvalue weighted by Crippen LogP contribution is -2.31. The first-order valence-corrected chi connectivity index (χ1v) is 14.8. The summed E-state index contributed by atoms with van der Waals surface area (Å²) in [5.41, 5.74) is 0.928. The van der Waals surface area contributed by atoms with E-state index in [1.54, 1.807) is 13.8 Å². The molecule has 0 aliphatic carbocycles. The van der Waals surface area contributed by atoms with Crippen molar-refractivity contribution < 1.29 is 36.3 Å². The number of nitrogens with zero attached hydrogens (tertiary/aromatic N) is 1. The molecule has 1 atom stereocenters. The van der Waals surface area contributed by atoms with Crippen LogP contribution in [0.3, 0.4) is 0 Å². The van der Waals surface area contributed by atoms with E-state index in [2.05, 4.69) is 18.5 Å². The van der Waals surface area contributed by atoms with Crippen LogP contribution in [-0.4, -0.2) is 44.3 Å². The molecule has 1 unspecified atom stereocenters. The normalized spacial score (nSPS) is 15.9. The number of carbonyl (C=O) groups is 1. The van der Waals surface area contributed by atoms with E-state index >= 15 is 0 Å². The molecule has 0 aromatic heterocycles. The Labute approximate surface area is 244 Å². The molecule has 0 spiro atoms. The number of dihydropyridines is 1. The molecule has 1 N–H and O–H groups in total. The molecule has 7 nitrogen and oxygen atoms in total. The van der Waals surface area contributed by atoms with Crippen molar-refractivity contribution in [2.45, 2.75) is 32.5 Å². The van der Waals surface area contributed by atoms with Crippen LogP contribution >= 0.6 is 7.60 Å². The lowest BCUT2D eigenvalue weighted by molar-refractivity contribution is -0.139. The summed E-state index contributed by atoms with van der Waals surface area (Å²) in [6.45, 7) is 11.1. The maximum Gasteiger partial charge on any atom is 0.416 e. The van der Waals surface area contributed by atoms with E-state index in [1.807, 2.05) is 42.3 Å². The summed E-state index contributed by atoms with van der Waals surface area (Å²) in [6.07, 6.45) is -1.90. The van der Waals surface area contributed by atoms with Crippen molar-refractivity contribution in [1.29, 1.82) is 0 Å². The second-order valence-corrected chi connectivity index (χ2v) is 11.7. The van der Waals surface area contributed by atoms with Gasteiger partial charge in [0, 0.05) is 24.5 Å². The van der Waals surface area contributed by atoms with Gasteiger partial charge in [-0.3, -0.25) is 9.46 Å². The number of rotatable bonds is 14. The lowest BCUT2D eigenvalue weighted by Gasteiger charge is -2.34. The quantitative estimate of drug-likeness (QED) is 0.139. The van der Waals surface area contributed by atoms with Gasteiger partial charge in [-0.05, 0) is 38.1 Å². The summed E-state index contributed by atoms with van der Waals surface area (Å²) < 4.78 is 72.4. The smallest absolute Gasteiger partial charge is 0.416 e. The first-order valence-electron chi connectivity index (χ1n) is 13.3. The van der Waals surface area contributed by atoms with E-state index in [0.717, 1.165) is 17.7 Å². The van der Waals surface area contributed by atoms with Gasteiger partial charge in [-0.25, -0.2) is 4.79 Å². The maximum absolute atomic E-state index is 14.3. The van der Waals surface area contributed by atoms with Crippen LogP contribution in [0.1, 0.15) is 36.5 Å². The summed E-state index contributed by atoms with van der Waals surface area (Å²) in [5, 5.41) is 3.04. The van der Waals surface area contributed by atoms with Crippen LogP contribution < -0.4 is 5.32 Å². The number of benzene rings is 2. The second-order valence-electron chi connectivity index (χ2n) is 9.76. The van der Waals surface area contributed by atoms with Gasteiger partial charge in [0.25, 0.3) is 0 Å². The monoisotopic (exact) mass is 604 g/mol. The minimum absolute atomic E-state index is 0.00395. The molecule has 0 fully saturated rings. The van der Waals surface area contributed by atoms with Gasteiger partial charge in [-0.15, -0.1) is 13.2 Å². The number of carbonyl (C=O) groups excluding carboxylic acids is 1. The van der Waals surface area contributed by atoms with Crippen LogP contribution in [0.5, 0.6) is 0 Å². The summed E-state index contributed by atoms with van der Waals surface area (Å²) in [5.74, 6) is -1.98. The largest absolute Gasteiger partial charge is 0.461 e. The van der Waals surface area contributed by atoms with Gasteiger partial charge >= 0.3 is 19.7 Å². The average molecular weight is 605 g/mol. The zero-order valence-electron chi connectivity index (χ0n) is 23.9. The molecule has 226 valence electrons. The zero-order chi connectivity index (χ0) is 30.9. The van der Waals surface area contributed by atoms with Gasteiger partial charge in [0.05, 0.1) is 35.6 Å². The zero-order valence-corrected chi connectivity index (χ0v) is 24.8. The molecule has 0 bridgehead atoms. The summed E-state index contributed by atoms with van der Waals surface area (Å²) in [4.78, 5) is 15.6. The molecule has 0 radical (unpaired) electrons. The van der Waals surface area contributed by atoms with Crippen molar-refractivity contribution in [1.82, 2.24) is 10.2 Å². The fraction of sp³-hybridized carbons (Fsp3) is 0.323. The Hall–Kier alpha value is -3.43. The van der Waals surface area contributed by atoms with E-state index in [4.69, 9.17) is 13.8 Å². The SMILES string of the molecule is C=CCOP(=O)(OCC=C)C1=C(C)NC(C)=C(C(=O)OCCN(C)Cc2ccccc2)C1c1cccc(C(F)(F)F)c1. The van der Waals surface area contributed by atoms with E-state index in [1.165, 1.54) is 24.3 Å². The predicted octanol–water partition coefficient (Wildman–Crippen LogP) is 7.17. The molecule has 1 heterocycles. The standard InChI is InChI=1S/C31H36F3N2O5P/c1-6-17-40-42(38,41-18-7-2)29-23(4)35-22(3)27(28(29)25-14-11-15-26(20-25)31(32,33)34)30(37)39-19-16-36(5)21-24-12-9-8-10-13-24/h6-15,20,28,35H,1-2,16-19,21H2,3-5H3. The molecule has 1 aliphatic heterocycles. The summed E-state index contributed by atoms with van der Waals surface area (Å²) in [7, 11) is -2.32. The van der Waals surface area contributed by atoms with E-state index in [9.17, 15) is 22.5 Å². The van der Waals surface area contributed by atoms with Crippen LogP contribution in [0.25, 0.3) is 0 Å². The summed E-state index contributed by atoms with van der Waals surface area (Å²) in [6, 6.07) is 14.3. The highest BCUT2D eigenvalue weighted by atomic mass is 31.2. The molecule has 0 saturated carbocycles. The van der Waals surface area contributed by atoms with Gasteiger partial charge in [0.2, 0.25) is 0 Å². The third kappa shape index (κ3) is 8.32. The van der Waals surface area contributed by atoms with Gasteiger partial charge in [0.1, 0.15) is 6.61 Å². The number of halogens is 3. The molecule has 1 aliphatic rings. The topological polar surface area (TPSA) is 77.1 Å². The number of hydrogen-bond acceptors (Lipinski definition) is 7. The molecule has 3 rings (SSSR count). The first kappa shape index (κ1) is 33.1. The maximum atomic E-state index is 14.3. The Kier molecular flexibility index (Phi) is 11.5. The van der Waals surface area contributed by atoms with Crippen molar-refractivity contribution in [3.63, 3.8) is 0 Å². The number of hydrogen-bond donors (Lipinski definition) is 1. The first-order chi connectivity index (χ1) is 19.9. The number of likely N-dealkylation sites (N-methyl/N-ethyl adjacent to an activating group) is 1. The number of esters is 1. The van der Waals surface area contributed by atoms with Gasteiger partial charge < -0.3 is 19.1 Å². The molecular formula is C31H36F3N2O5P. The summed E-state index contributed by atoms with van der Waals surface area (Å²) >= 11 is 0. The molecule has 0 amide bonds. The van der Waals surface area contributed by atoms with Crippen molar-refractivity contribution in [2.75, 3.05) is 33.4 Å². The van der Waals surface area contributed by atoms with Crippen molar-refractivity contribution >= 4 is 13.6 Å². The molecule has 11 heteroatoms. The van der Waals surface area contributed by atoms with E-state index < -0.39 is 31.2 Å². The Morgan fingerprint density at radius 3 is 2.26 bits per heavy atom. The molecule has 2 aromatic carbocycles. The fourth-order valence-corrected chi connectivity index (χ4v) is 6.68. The van der Waals surface area contributed by atoms with Crippen LogP contribution in [-0.2, 0) is 35.9 Å². The highest BCUT2D eigenvalue weighted by Gasteiger charge is 2.45. The third-order valence-electron chi connectivity index (χ3n) is 6.51. The Morgan fingerprint density at radius 1 is 1.02 bits per heavy atom. The number of nitrogens with one attached hydrogen (secondary N) is 1. The minimum atomic E-state index is -4.65. The minimum Gasteiger partial charge on any atom is -0.461 e. The Balaban J connectivity index is 2.00. The molecule has 0 saturated heterocycles. The predicted molar refractivity (Wildman–Crippen MR) is 156 cm³/mol. The number of alkyl halides is 3. The molecule has 2 aromatic rings. The van der Waals surface area contributed by atoms with E-state index in [-0.39, 0.29) is 36.3 Å². The van der Waals surface area contributed by atoms with Crippen LogP contribution in [0.15, 0.2) is 102 Å². The van der Waals surface area contributed by atoms with Crippen molar-refractivity contribution in [3.05, 3.63) is 119 Å². The van der Waals surface area contributed by atoms with Crippen molar-refractivity contribution in [2.24, 2.45) is 0 Å². The highest BCUT2D eigenvalue weighted by molar-refractivity contribution is 7.58. The van der Waals surface area contributed by atoms with E-state index in [0.29, 0.717) is 24.5 Å². The van der Waals surface area contributed by atoms with Crippen LogP contribution in [0.4, 0.5) is 13.2 Å². The average Bonchev–Trinajstić information content (AvgIpc) is 2.94. The van der Waals surface area contributed by atoms with Gasteiger partial charge in [0.15, 0.2) is 0 Å². The number of allylic oxidation sites excluding steroid dienone is 3. The molecular weight excluding hydrogens is 568 g/mol. The number of ether oxygens (including phenoxy) is 1. The lowest BCUT2D eigenvalue weighted by atomic mass is 9.85.